The summed E-state index contributed by atoms with van der Waals surface area (Å²) < 4.78 is 5.58. The van der Waals surface area contributed by atoms with Crippen LogP contribution in [0.5, 0.6) is 5.75 Å². The molecule has 0 fully saturated rings. The van der Waals surface area contributed by atoms with Crippen LogP contribution in [0.15, 0.2) is 36.7 Å². The highest BCUT2D eigenvalue weighted by molar-refractivity contribution is 6.31. The third-order valence-corrected chi connectivity index (χ3v) is 4.11. The van der Waals surface area contributed by atoms with E-state index in [-0.39, 0.29) is 12.5 Å². The Kier molecular flexibility index (Phi) is 5.05. The summed E-state index contributed by atoms with van der Waals surface area (Å²) in [5.74, 6) is 0.448. The van der Waals surface area contributed by atoms with E-state index in [2.05, 4.69) is 16.4 Å². The molecule has 0 saturated heterocycles. The zero-order chi connectivity index (χ0) is 17.8. The Morgan fingerprint density at radius 3 is 3.08 bits per heavy atom. The number of nitriles is 1. The maximum Gasteiger partial charge on any atom is 0.240 e. The maximum atomic E-state index is 12.4. The number of ether oxygens (including phenoxy) is 1. The number of hydrogen-bond donors (Lipinski definition) is 1. The van der Waals surface area contributed by atoms with Crippen LogP contribution in [0.1, 0.15) is 17.2 Å². The minimum Gasteiger partial charge on any atom is -0.490 e. The molecule has 3 rings (SSSR count). The average Bonchev–Trinajstić information content (AvgIpc) is 2.60. The lowest BCUT2D eigenvalue weighted by Gasteiger charge is -2.31. The first-order valence-corrected chi connectivity index (χ1v) is 8.22. The third kappa shape index (κ3) is 4.01. The summed E-state index contributed by atoms with van der Waals surface area (Å²) in [5, 5.41) is 12.7. The van der Waals surface area contributed by atoms with Crippen LogP contribution in [0.2, 0.25) is 5.02 Å². The first-order chi connectivity index (χ1) is 12.1. The molecule has 6 nitrogen and oxygen atoms in total. The number of anilines is 1. The number of carbonyl (C=O) groups is 1. The van der Waals surface area contributed by atoms with E-state index in [4.69, 9.17) is 16.3 Å². The van der Waals surface area contributed by atoms with E-state index < -0.39 is 6.04 Å². The number of nitrogens with one attached hydrogen (secondary N) is 1. The Morgan fingerprint density at radius 2 is 2.32 bits per heavy atom. The predicted octanol–water partition coefficient (Wildman–Crippen LogP) is 2.62. The zero-order valence-corrected chi connectivity index (χ0v) is 14.5. The van der Waals surface area contributed by atoms with Gasteiger partial charge in [-0.1, -0.05) is 11.6 Å². The standard InChI is InChI=1S/C18H17ClN4O2/c1-12-6-13(10-21-9-12)15(8-20)22-18(24)11-23-4-5-25-17-3-2-14(19)7-16(17)23/h2-3,6-7,9-10,15H,4-5,11H2,1H3,(H,22,24). The molecule has 0 spiro atoms. The summed E-state index contributed by atoms with van der Waals surface area (Å²) in [4.78, 5) is 18.4. The van der Waals surface area contributed by atoms with Gasteiger partial charge in [0.1, 0.15) is 18.4 Å². The molecule has 1 aliphatic heterocycles. The minimum atomic E-state index is -0.736. The number of aromatic nitrogens is 1. The summed E-state index contributed by atoms with van der Waals surface area (Å²) in [6.07, 6.45) is 3.29. The fourth-order valence-electron chi connectivity index (χ4n) is 2.72. The van der Waals surface area contributed by atoms with E-state index in [0.717, 1.165) is 11.3 Å². The topological polar surface area (TPSA) is 78.2 Å². The molecule has 0 saturated carbocycles. The van der Waals surface area contributed by atoms with Crippen LogP contribution < -0.4 is 15.0 Å². The average molecular weight is 357 g/mol. The molecule has 128 valence electrons. The summed E-state index contributed by atoms with van der Waals surface area (Å²) in [6.45, 7) is 3.07. The first-order valence-electron chi connectivity index (χ1n) is 7.84. The van der Waals surface area contributed by atoms with Gasteiger partial charge in [0, 0.05) is 23.0 Å². The highest BCUT2D eigenvalue weighted by Crippen LogP contribution is 2.33. The number of rotatable bonds is 4. The summed E-state index contributed by atoms with van der Waals surface area (Å²) in [5.41, 5.74) is 2.38. The Morgan fingerprint density at radius 1 is 1.48 bits per heavy atom. The SMILES string of the molecule is Cc1cncc(C(C#N)NC(=O)CN2CCOc3ccc(Cl)cc32)c1. The van der Waals surface area contributed by atoms with E-state index in [1.54, 1.807) is 30.6 Å². The number of nitrogens with zero attached hydrogens (tertiary/aromatic N) is 3. The lowest BCUT2D eigenvalue weighted by Crippen LogP contribution is -2.42. The van der Waals surface area contributed by atoms with E-state index >= 15 is 0 Å². The van der Waals surface area contributed by atoms with Crippen molar-refractivity contribution in [1.29, 1.82) is 5.26 Å². The molecule has 7 heteroatoms. The minimum absolute atomic E-state index is 0.119. The number of halogens is 1. The molecule has 0 aliphatic carbocycles. The van der Waals surface area contributed by atoms with Gasteiger partial charge < -0.3 is 15.0 Å². The van der Waals surface area contributed by atoms with Crippen LogP contribution in [0, 0.1) is 18.3 Å². The largest absolute Gasteiger partial charge is 0.490 e. The Balaban J connectivity index is 1.71. The molecule has 25 heavy (non-hydrogen) atoms. The van der Waals surface area contributed by atoms with Crippen molar-refractivity contribution >= 4 is 23.2 Å². The molecule has 1 atom stereocenters. The van der Waals surface area contributed by atoms with Crippen molar-refractivity contribution in [2.75, 3.05) is 24.6 Å². The Bertz CT molecular complexity index is 834. The molecule has 2 heterocycles. The third-order valence-electron chi connectivity index (χ3n) is 3.88. The second-order valence-electron chi connectivity index (χ2n) is 5.81. The molecular formula is C18H17ClN4O2. The van der Waals surface area contributed by atoms with Crippen molar-refractivity contribution in [3.8, 4) is 11.8 Å². The number of fused-ring (bicyclic) bond motifs is 1. The van der Waals surface area contributed by atoms with Crippen LogP contribution in [0.25, 0.3) is 0 Å². The molecule has 0 bridgehead atoms. The van der Waals surface area contributed by atoms with E-state index in [0.29, 0.717) is 29.5 Å². The maximum absolute atomic E-state index is 12.4. The van der Waals surface area contributed by atoms with Crippen LogP contribution in [0.4, 0.5) is 5.69 Å². The summed E-state index contributed by atoms with van der Waals surface area (Å²) in [7, 11) is 0. The molecular weight excluding hydrogens is 340 g/mol. The Hall–Kier alpha value is -2.78. The zero-order valence-electron chi connectivity index (χ0n) is 13.7. The lowest BCUT2D eigenvalue weighted by atomic mass is 10.1. The van der Waals surface area contributed by atoms with Crippen molar-refractivity contribution in [3.05, 3.63) is 52.8 Å². The first kappa shape index (κ1) is 17.1. The van der Waals surface area contributed by atoms with Gasteiger partial charge in [0.2, 0.25) is 5.91 Å². The molecule has 1 aliphatic rings. The number of hydrogen-bond acceptors (Lipinski definition) is 5. The van der Waals surface area contributed by atoms with Crippen molar-refractivity contribution in [2.24, 2.45) is 0 Å². The fourth-order valence-corrected chi connectivity index (χ4v) is 2.88. The van der Waals surface area contributed by atoms with Crippen molar-refractivity contribution < 1.29 is 9.53 Å². The van der Waals surface area contributed by atoms with Gasteiger partial charge in [-0.05, 0) is 36.8 Å². The number of carbonyl (C=O) groups excluding carboxylic acids is 1. The van der Waals surface area contributed by atoms with Gasteiger partial charge in [-0.25, -0.2) is 0 Å². The van der Waals surface area contributed by atoms with Crippen molar-refractivity contribution in [1.82, 2.24) is 10.3 Å². The van der Waals surface area contributed by atoms with Crippen molar-refractivity contribution in [3.63, 3.8) is 0 Å². The highest BCUT2D eigenvalue weighted by Gasteiger charge is 2.22. The van der Waals surface area contributed by atoms with E-state index in [1.165, 1.54) is 0 Å². The number of benzene rings is 1. The van der Waals surface area contributed by atoms with Crippen LogP contribution >= 0.6 is 11.6 Å². The molecule has 1 amide bonds. The molecule has 1 aromatic heterocycles. The monoisotopic (exact) mass is 356 g/mol. The lowest BCUT2D eigenvalue weighted by molar-refractivity contribution is -0.120. The predicted molar refractivity (Wildman–Crippen MR) is 94.6 cm³/mol. The fraction of sp³-hybridized carbons (Fsp3) is 0.278. The van der Waals surface area contributed by atoms with E-state index in [9.17, 15) is 10.1 Å². The number of aryl methyl sites for hydroxylation is 1. The van der Waals surface area contributed by atoms with Crippen LogP contribution in [-0.4, -0.2) is 30.6 Å². The molecule has 1 aromatic carbocycles. The molecule has 1 unspecified atom stereocenters. The van der Waals surface area contributed by atoms with Crippen molar-refractivity contribution in [2.45, 2.75) is 13.0 Å². The Labute approximate surface area is 151 Å². The van der Waals surface area contributed by atoms with Gasteiger partial charge in [0.05, 0.1) is 24.8 Å². The second kappa shape index (κ2) is 7.41. The van der Waals surface area contributed by atoms with Gasteiger partial charge in [-0.15, -0.1) is 0 Å². The summed E-state index contributed by atoms with van der Waals surface area (Å²) >= 11 is 6.05. The van der Waals surface area contributed by atoms with Crippen LogP contribution in [0.3, 0.4) is 0 Å². The van der Waals surface area contributed by atoms with E-state index in [1.807, 2.05) is 17.9 Å². The molecule has 0 radical (unpaired) electrons. The smallest absolute Gasteiger partial charge is 0.240 e. The molecule has 1 N–H and O–H groups in total. The second-order valence-corrected chi connectivity index (χ2v) is 6.24. The molecule has 2 aromatic rings. The van der Waals surface area contributed by atoms with Gasteiger partial charge in [-0.3, -0.25) is 9.78 Å². The quantitative estimate of drug-likeness (QED) is 0.911. The number of amides is 1. The van der Waals surface area contributed by atoms with Gasteiger partial charge in [0.25, 0.3) is 0 Å². The summed E-state index contributed by atoms with van der Waals surface area (Å²) in [6, 6.07) is 8.52. The highest BCUT2D eigenvalue weighted by atomic mass is 35.5. The van der Waals surface area contributed by atoms with Gasteiger partial charge in [0.15, 0.2) is 0 Å². The van der Waals surface area contributed by atoms with Crippen LogP contribution in [-0.2, 0) is 4.79 Å². The number of pyridine rings is 1. The van der Waals surface area contributed by atoms with Gasteiger partial charge >= 0.3 is 0 Å². The normalized spacial score (nSPS) is 14.0. The van der Waals surface area contributed by atoms with Gasteiger partial charge in [-0.2, -0.15) is 5.26 Å².